The number of morpholine rings is 1. The van der Waals surface area contributed by atoms with Crippen molar-refractivity contribution in [2.45, 2.75) is 4.90 Å². The van der Waals surface area contributed by atoms with Gasteiger partial charge in [-0.3, -0.25) is 4.79 Å². The predicted octanol–water partition coefficient (Wildman–Crippen LogP) is 0.0871. The number of hydrogen-bond acceptors (Lipinski definition) is 6. The molecule has 2 N–H and O–H groups in total. The molecule has 0 aromatic heterocycles. The fraction of sp³-hybridized carbons (Fsp3) is 0.533. The van der Waals surface area contributed by atoms with Crippen LogP contribution >= 0.6 is 12.4 Å². The minimum Gasteiger partial charge on any atom is -0.496 e. The molecule has 8 nitrogen and oxygen atoms in total. The molecular weight excluding hydrogens is 370 g/mol. The van der Waals surface area contributed by atoms with E-state index in [1.165, 1.54) is 29.6 Å². The lowest BCUT2D eigenvalue weighted by molar-refractivity contribution is 0.0730. The average Bonchev–Trinajstić information content (AvgIpc) is 2.62. The maximum Gasteiger partial charge on any atom is 0.255 e. The quantitative estimate of drug-likeness (QED) is 0.637. The van der Waals surface area contributed by atoms with Crippen molar-refractivity contribution in [2.24, 2.45) is 0 Å². The Labute approximate surface area is 154 Å². The fourth-order valence-corrected chi connectivity index (χ4v) is 3.79. The molecule has 0 spiro atoms. The molecule has 142 valence electrons. The van der Waals surface area contributed by atoms with Crippen molar-refractivity contribution in [3.8, 4) is 5.75 Å². The number of sulfonamides is 1. The summed E-state index contributed by atoms with van der Waals surface area (Å²) in [7, 11) is -0.442. The summed E-state index contributed by atoms with van der Waals surface area (Å²) >= 11 is 0. The van der Waals surface area contributed by atoms with Gasteiger partial charge in [-0.2, -0.15) is 4.31 Å². The lowest BCUT2D eigenvalue weighted by Gasteiger charge is -2.26. The molecule has 1 heterocycles. The lowest BCUT2D eigenvalue weighted by atomic mass is 10.2. The Balaban J connectivity index is 0.00000312. The number of halogens is 1. The molecule has 0 bridgehead atoms. The summed E-state index contributed by atoms with van der Waals surface area (Å²) in [4.78, 5) is 12.4. The molecule has 1 aromatic carbocycles. The van der Waals surface area contributed by atoms with E-state index in [0.29, 0.717) is 45.1 Å². The van der Waals surface area contributed by atoms with Gasteiger partial charge >= 0.3 is 0 Å². The van der Waals surface area contributed by atoms with Crippen molar-refractivity contribution in [1.82, 2.24) is 14.9 Å². The van der Waals surface area contributed by atoms with Crippen LogP contribution in [0.4, 0.5) is 0 Å². The summed E-state index contributed by atoms with van der Waals surface area (Å²) in [6, 6.07) is 4.31. The van der Waals surface area contributed by atoms with E-state index in [-0.39, 0.29) is 28.8 Å². The molecule has 1 aromatic rings. The first kappa shape index (κ1) is 21.7. The summed E-state index contributed by atoms with van der Waals surface area (Å²) in [5.41, 5.74) is 0.197. The summed E-state index contributed by atoms with van der Waals surface area (Å²) in [5, 5.41) is 5.64. The van der Waals surface area contributed by atoms with Gasteiger partial charge in [0.25, 0.3) is 5.91 Å². The van der Waals surface area contributed by atoms with Gasteiger partial charge < -0.3 is 20.1 Å². The Morgan fingerprint density at radius 3 is 2.56 bits per heavy atom. The molecular formula is C15H24ClN3O5S. The molecule has 2 rings (SSSR count). The molecule has 0 unspecified atom stereocenters. The summed E-state index contributed by atoms with van der Waals surface area (Å²) in [6.07, 6.45) is 0. The zero-order chi connectivity index (χ0) is 17.6. The average molecular weight is 394 g/mol. The Kier molecular flexibility index (Phi) is 8.60. The van der Waals surface area contributed by atoms with Crippen LogP contribution in [-0.2, 0) is 14.8 Å². The second-order valence-corrected chi connectivity index (χ2v) is 7.18. The Bertz CT molecular complexity index is 678. The lowest BCUT2D eigenvalue weighted by Crippen LogP contribution is -2.40. The van der Waals surface area contributed by atoms with Crippen LogP contribution in [0.25, 0.3) is 0 Å². The molecule has 1 aliphatic heterocycles. The SMILES string of the molecule is CNCCNC(=O)c1cc(S(=O)(=O)N2CCOCC2)ccc1OC.Cl. The van der Waals surface area contributed by atoms with Crippen LogP contribution in [0.5, 0.6) is 5.75 Å². The second-order valence-electron chi connectivity index (χ2n) is 5.24. The number of rotatable bonds is 7. The van der Waals surface area contributed by atoms with E-state index in [1.807, 2.05) is 0 Å². The minimum atomic E-state index is -3.66. The summed E-state index contributed by atoms with van der Waals surface area (Å²) in [6.45, 7) is 2.38. The molecule has 0 atom stereocenters. The maximum absolute atomic E-state index is 12.7. The first-order chi connectivity index (χ1) is 11.5. The number of amides is 1. The van der Waals surface area contributed by atoms with Gasteiger partial charge in [0.1, 0.15) is 5.75 Å². The smallest absolute Gasteiger partial charge is 0.255 e. The zero-order valence-corrected chi connectivity index (χ0v) is 15.9. The summed E-state index contributed by atoms with van der Waals surface area (Å²) < 4.78 is 37.2. The van der Waals surface area contributed by atoms with Crippen molar-refractivity contribution in [3.63, 3.8) is 0 Å². The number of ether oxygens (including phenoxy) is 2. The van der Waals surface area contributed by atoms with Gasteiger partial charge in [0.05, 0.1) is 30.8 Å². The third-order valence-corrected chi connectivity index (χ3v) is 5.58. The molecule has 10 heteroatoms. The number of benzene rings is 1. The van der Waals surface area contributed by atoms with Crippen molar-refractivity contribution in [1.29, 1.82) is 0 Å². The van der Waals surface area contributed by atoms with E-state index in [1.54, 1.807) is 7.05 Å². The van der Waals surface area contributed by atoms with Crippen LogP contribution in [0.3, 0.4) is 0 Å². The van der Waals surface area contributed by atoms with E-state index in [4.69, 9.17) is 9.47 Å². The fourth-order valence-electron chi connectivity index (χ4n) is 2.36. The van der Waals surface area contributed by atoms with Crippen molar-refractivity contribution in [3.05, 3.63) is 23.8 Å². The molecule has 0 aliphatic carbocycles. The van der Waals surface area contributed by atoms with E-state index < -0.39 is 10.0 Å². The van der Waals surface area contributed by atoms with Gasteiger partial charge in [0, 0.05) is 26.2 Å². The standard InChI is InChI=1S/C15H23N3O5S.ClH/c1-16-5-6-17-15(19)13-11-12(3-4-14(13)22-2)24(20,21)18-7-9-23-10-8-18;/h3-4,11,16H,5-10H2,1-2H3,(H,17,19);1H. The molecule has 1 amide bonds. The number of nitrogens with zero attached hydrogens (tertiary/aromatic N) is 1. The van der Waals surface area contributed by atoms with Gasteiger partial charge in [0.15, 0.2) is 0 Å². The number of methoxy groups -OCH3 is 1. The third-order valence-electron chi connectivity index (χ3n) is 3.68. The molecule has 0 saturated carbocycles. The minimum absolute atomic E-state index is 0. The topological polar surface area (TPSA) is 97.0 Å². The van der Waals surface area contributed by atoms with Gasteiger partial charge in [-0.1, -0.05) is 0 Å². The van der Waals surface area contributed by atoms with Crippen molar-refractivity contribution < 1.29 is 22.7 Å². The molecule has 1 saturated heterocycles. The Hall–Kier alpha value is -1.39. The van der Waals surface area contributed by atoms with Gasteiger partial charge in [-0.25, -0.2) is 8.42 Å². The van der Waals surface area contributed by atoms with Crippen LogP contribution in [0.15, 0.2) is 23.1 Å². The molecule has 0 radical (unpaired) electrons. The zero-order valence-electron chi connectivity index (χ0n) is 14.3. The van der Waals surface area contributed by atoms with Gasteiger partial charge in [-0.05, 0) is 25.2 Å². The van der Waals surface area contributed by atoms with Gasteiger partial charge in [-0.15, -0.1) is 12.4 Å². The Morgan fingerprint density at radius 1 is 1.28 bits per heavy atom. The van der Waals surface area contributed by atoms with Crippen LogP contribution in [-0.4, -0.2) is 72.2 Å². The highest BCUT2D eigenvalue weighted by atomic mass is 35.5. The monoisotopic (exact) mass is 393 g/mol. The first-order valence-corrected chi connectivity index (χ1v) is 9.13. The highest BCUT2D eigenvalue weighted by molar-refractivity contribution is 7.89. The van der Waals surface area contributed by atoms with E-state index in [9.17, 15) is 13.2 Å². The van der Waals surface area contributed by atoms with Gasteiger partial charge in [0.2, 0.25) is 10.0 Å². The van der Waals surface area contributed by atoms with E-state index in [0.717, 1.165) is 0 Å². The number of nitrogens with one attached hydrogen (secondary N) is 2. The largest absolute Gasteiger partial charge is 0.496 e. The van der Waals surface area contributed by atoms with E-state index in [2.05, 4.69) is 10.6 Å². The number of carbonyl (C=O) groups excluding carboxylic acids is 1. The number of likely N-dealkylation sites (N-methyl/N-ethyl adjacent to an activating group) is 1. The third kappa shape index (κ3) is 5.29. The number of carbonyl (C=O) groups is 1. The Morgan fingerprint density at radius 2 is 1.96 bits per heavy atom. The molecule has 1 aliphatic rings. The van der Waals surface area contributed by atoms with Crippen molar-refractivity contribution in [2.75, 3.05) is 53.6 Å². The maximum atomic E-state index is 12.7. The molecule has 1 fully saturated rings. The predicted molar refractivity (Wildman–Crippen MR) is 96.1 cm³/mol. The van der Waals surface area contributed by atoms with Crippen LogP contribution in [0.1, 0.15) is 10.4 Å². The first-order valence-electron chi connectivity index (χ1n) is 7.69. The van der Waals surface area contributed by atoms with Crippen LogP contribution in [0, 0.1) is 0 Å². The van der Waals surface area contributed by atoms with Crippen LogP contribution < -0.4 is 15.4 Å². The van der Waals surface area contributed by atoms with Crippen molar-refractivity contribution >= 4 is 28.3 Å². The normalized spacial score (nSPS) is 15.3. The summed E-state index contributed by atoms with van der Waals surface area (Å²) in [5.74, 6) is -0.0426. The van der Waals surface area contributed by atoms with Crippen LogP contribution in [0.2, 0.25) is 0 Å². The highest BCUT2D eigenvalue weighted by Crippen LogP contribution is 2.25. The molecule has 25 heavy (non-hydrogen) atoms. The second kappa shape index (κ2) is 9.93. The highest BCUT2D eigenvalue weighted by Gasteiger charge is 2.27. The van der Waals surface area contributed by atoms with E-state index >= 15 is 0 Å². The number of hydrogen-bond donors (Lipinski definition) is 2.